The summed E-state index contributed by atoms with van der Waals surface area (Å²) in [7, 11) is 0. The molecule has 0 fully saturated rings. The van der Waals surface area contributed by atoms with Gasteiger partial charge in [0.1, 0.15) is 11.0 Å². The van der Waals surface area contributed by atoms with Crippen LogP contribution in [0, 0.1) is 0 Å². The fourth-order valence-corrected chi connectivity index (χ4v) is 3.84. The third-order valence-electron chi connectivity index (χ3n) is 3.73. The van der Waals surface area contributed by atoms with E-state index in [1.54, 1.807) is 18.2 Å². The van der Waals surface area contributed by atoms with E-state index in [0.29, 0.717) is 27.3 Å². The van der Waals surface area contributed by atoms with Crippen LogP contribution in [0.15, 0.2) is 53.0 Å². The second-order valence-electron chi connectivity index (χ2n) is 5.15. The number of hydrogen-bond donors (Lipinski definition) is 1. The van der Waals surface area contributed by atoms with Crippen LogP contribution in [0.5, 0.6) is 0 Å². The van der Waals surface area contributed by atoms with Crippen LogP contribution in [0.1, 0.15) is 10.4 Å². The predicted molar refractivity (Wildman–Crippen MR) is 102 cm³/mol. The molecule has 1 aromatic heterocycles. The van der Waals surface area contributed by atoms with Crippen molar-refractivity contribution in [2.75, 3.05) is 5.32 Å². The molecule has 4 rings (SSSR count). The van der Waals surface area contributed by atoms with Crippen molar-refractivity contribution in [2.24, 2.45) is 0 Å². The highest BCUT2D eigenvalue weighted by atomic mass is 79.9. The van der Waals surface area contributed by atoms with Gasteiger partial charge in [0, 0.05) is 10.0 Å². The lowest BCUT2D eigenvalue weighted by molar-refractivity contribution is 0.102. The highest BCUT2D eigenvalue weighted by molar-refractivity contribution is 9.10. The first kappa shape index (κ1) is 15.5. The number of carbonyl (C=O) groups excluding carboxylic acids is 1. The van der Waals surface area contributed by atoms with Gasteiger partial charge < -0.3 is 5.32 Å². The topological polar surface area (TPSA) is 54.9 Å². The molecule has 3 aromatic carbocycles. The molecule has 0 aliphatic rings. The van der Waals surface area contributed by atoms with Crippen molar-refractivity contribution in [1.82, 2.24) is 8.75 Å². The van der Waals surface area contributed by atoms with Crippen LogP contribution < -0.4 is 5.32 Å². The molecule has 4 aromatic rings. The molecule has 1 amide bonds. The van der Waals surface area contributed by atoms with E-state index < -0.39 is 0 Å². The van der Waals surface area contributed by atoms with Crippen molar-refractivity contribution >= 4 is 72.7 Å². The molecule has 4 nitrogen and oxygen atoms in total. The molecule has 7 heteroatoms. The lowest BCUT2D eigenvalue weighted by Gasteiger charge is -2.10. The van der Waals surface area contributed by atoms with E-state index in [2.05, 4.69) is 30.0 Å². The van der Waals surface area contributed by atoms with Crippen molar-refractivity contribution in [3.05, 3.63) is 63.6 Å². The minimum atomic E-state index is -0.235. The van der Waals surface area contributed by atoms with Gasteiger partial charge in [0.15, 0.2) is 0 Å². The van der Waals surface area contributed by atoms with Gasteiger partial charge in [-0.2, -0.15) is 8.75 Å². The Morgan fingerprint density at radius 2 is 1.83 bits per heavy atom. The first-order chi connectivity index (χ1) is 11.6. The lowest BCUT2D eigenvalue weighted by Crippen LogP contribution is -2.13. The molecule has 0 aliphatic heterocycles. The normalized spacial score (nSPS) is 11.1. The number of fused-ring (bicyclic) bond motifs is 2. The Balaban J connectivity index is 1.81. The van der Waals surface area contributed by atoms with Gasteiger partial charge in [-0.05, 0) is 35.0 Å². The molecule has 1 heterocycles. The minimum Gasteiger partial charge on any atom is -0.319 e. The third kappa shape index (κ3) is 2.56. The van der Waals surface area contributed by atoms with Crippen LogP contribution in [0.2, 0.25) is 5.02 Å². The zero-order valence-electron chi connectivity index (χ0n) is 12.1. The lowest BCUT2D eigenvalue weighted by atomic mass is 10.0. The predicted octanol–water partition coefficient (Wildman–Crippen LogP) is 5.51. The van der Waals surface area contributed by atoms with Crippen LogP contribution >= 0.6 is 39.3 Å². The Labute approximate surface area is 154 Å². The van der Waals surface area contributed by atoms with Gasteiger partial charge in [0.2, 0.25) is 0 Å². The Bertz CT molecular complexity index is 1100. The number of rotatable bonds is 2. The van der Waals surface area contributed by atoms with Gasteiger partial charge in [-0.1, -0.05) is 51.8 Å². The van der Waals surface area contributed by atoms with E-state index in [9.17, 15) is 4.79 Å². The summed E-state index contributed by atoms with van der Waals surface area (Å²) in [5.74, 6) is -0.235. The number of halogens is 2. The summed E-state index contributed by atoms with van der Waals surface area (Å²) in [4.78, 5) is 12.8. The molecule has 1 N–H and O–H groups in total. The minimum absolute atomic E-state index is 0.235. The maximum atomic E-state index is 12.8. The van der Waals surface area contributed by atoms with E-state index in [-0.39, 0.29) is 5.91 Å². The van der Waals surface area contributed by atoms with Crippen molar-refractivity contribution < 1.29 is 4.79 Å². The second-order valence-corrected chi connectivity index (χ2v) is 6.94. The van der Waals surface area contributed by atoms with Crippen molar-refractivity contribution in [2.45, 2.75) is 0 Å². The number of benzene rings is 3. The monoisotopic (exact) mass is 417 g/mol. The molecule has 0 aliphatic carbocycles. The molecule has 0 atom stereocenters. The number of hydrogen-bond acceptors (Lipinski definition) is 4. The van der Waals surface area contributed by atoms with Crippen LogP contribution in [0.3, 0.4) is 0 Å². The highest BCUT2D eigenvalue weighted by Gasteiger charge is 2.16. The number of carbonyl (C=O) groups is 1. The van der Waals surface area contributed by atoms with Crippen LogP contribution in [-0.2, 0) is 0 Å². The quantitative estimate of drug-likeness (QED) is 0.467. The first-order valence-corrected chi connectivity index (χ1v) is 8.94. The van der Waals surface area contributed by atoms with Crippen molar-refractivity contribution in [3.63, 3.8) is 0 Å². The Morgan fingerprint density at radius 3 is 2.71 bits per heavy atom. The third-order valence-corrected chi connectivity index (χ3v) is 5.28. The molecule has 0 saturated heterocycles. The van der Waals surface area contributed by atoms with E-state index >= 15 is 0 Å². The van der Waals surface area contributed by atoms with E-state index in [1.165, 1.54) is 0 Å². The summed E-state index contributed by atoms with van der Waals surface area (Å²) in [6.45, 7) is 0. The smallest absolute Gasteiger partial charge is 0.256 e. The van der Waals surface area contributed by atoms with Gasteiger partial charge in [0.05, 0.1) is 22.4 Å². The van der Waals surface area contributed by atoms with Crippen LogP contribution in [-0.4, -0.2) is 14.7 Å². The van der Waals surface area contributed by atoms with E-state index in [0.717, 1.165) is 27.0 Å². The zero-order chi connectivity index (χ0) is 16.7. The first-order valence-electron chi connectivity index (χ1n) is 7.04. The molecular formula is C17H9BrClN3OS. The largest absolute Gasteiger partial charge is 0.319 e. The van der Waals surface area contributed by atoms with Crippen LogP contribution in [0.25, 0.3) is 21.8 Å². The number of nitrogens with zero attached hydrogens (tertiary/aromatic N) is 2. The number of amides is 1. The summed E-state index contributed by atoms with van der Waals surface area (Å²) in [5.41, 5.74) is 2.37. The van der Waals surface area contributed by atoms with Gasteiger partial charge in [-0.25, -0.2) is 0 Å². The number of nitrogens with one attached hydrogen (secondary N) is 1. The van der Waals surface area contributed by atoms with Gasteiger partial charge in [-0.3, -0.25) is 4.79 Å². The molecule has 0 bridgehead atoms. The zero-order valence-corrected chi connectivity index (χ0v) is 15.2. The molecule has 0 radical (unpaired) electrons. The maximum Gasteiger partial charge on any atom is 0.256 e. The summed E-state index contributed by atoms with van der Waals surface area (Å²) < 4.78 is 9.35. The summed E-state index contributed by atoms with van der Waals surface area (Å²) in [6, 6.07) is 14.9. The van der Waals surface area contributed by atoms with E-state index in [1.807, 2.05) is 30.3 Å². The van der Waals surface area contributed by atoms with Gasteiger partial charge >= 0.3 is 0 Å². The van der Waals surface area contributed by atoms with Crippen molar-refractivity contribution in [1.29, 1.82) is 0 Å². The van der Waals surface area contributed by atoms with E-state index in [4.69, 9.17) is 11.6 Å². The molecule has 0 saturated carbocycles. The summed E-state index contributed by atoms with van der Waals surface area (Å²) in [6.07, 6.45) is 0. The number of aromatic nitrogens is 2. The highest BCUT2D eigenvalue weighted by Crippen LogP contribution is 2.31. The Hall–Kier alpha value is -2.02. The molecule has 0 unspecified atom stereocenters. The van der Waals surface area contributed by atoms with Gasteiger partial charge in [0.25, 0.3) is 5.91 Å². The molecule has 24 heavy (non-hydrogen) atoms. The van der Waals surface area contributed by atoms with Crippen molar-refractivity contribution in [3.8, 4) is 0 Å². The summed E-state index contributed by atoms with van der Waals surface area (Å²) in [5, 5.41) is 5.16. The Kier molecular flexibility index (Phi) is 3.96. The molecule has 118 valence electrons. The number of anilines is 1. The fraction of sp³-hybridized carbons (Fsp3) is 0. The standard InChI is InChI=1S/C17H9BrClN3OS/c18-12-6-2-3-9-10(12)4-1-5-11(9)17(23)20-15-13(19)7-8-14-16(15)22-24-21-14/h1-8H,(H,20,23). The average Bonchev–Trinajstić information content (AvgIpc) is 3.06. The van der Waals surface area contributed by atoms with Crippen LogP contribution in [0.4, 0.5) is 5.69 Å². The second kappa shape index (κ2) is 6.12. The fourth-order valence-electron chi connectivity index (χ4n) is 2.60. The maximum absolute atomic E-state index is 12.8. The SMILES string of the molecule is O=C(Nc1c(Cl)ccc2nsnc12)c1cccc2c(Br)cccc12. The summed E-state index contributed by atoms with van der Waals surface area (Å²) >= 11 is 10.9. The molecular weight excluding hydrogens is 410 g/mol. The Morgan fingerprint density at radius 1 is 1.04 bits per heavy atom. The molecule has 0 spiro atoms. The average molecular weight is 419 g/mol. The van der Waals surface area contributed by atoms with Gasteiger partial charge in [-0.15, -0.1) is 0 Å².